The molecular weight excluding hydrogens is 332 g/mol. The van der Waals surface area contributed by atoms with Gasteiger partial charge in [-0.1, -0.05) is 60.7 Å². The van der Waals surface area contributed by atoms with Gasteiger partial charge in [-0.2, -0.15) is 0 Å². The van der Waals surface area contributed by atoms with Gasteiger partial charge >= 0.3 is 5.97 Å². The second-order valence-corrected chi connectivity index (χ2v) is 6.63. The predicted molar refractivity (Wildman–Crippen MR) is 94.0 cm³/mol. The second kappa shape index (κ2) is 7.99. The molecule has 0 saturated carbocycles. The molecule has 0 spiro atoms. The fraction of sp³-hybridized carbons (Fsp3) is 0.381. The number of carbonyl (C=O) groups excluding carboxylic acids is 1. The van der Waals surface area contributed by atoms with E-state index in [2.05, 4.69) is 0 Å². The van der Waals surface area contributed by atoms with Crippen LogP contribution >= 0.6 is 0 Å². The van der Waals surface area contributed by atoms with Gasteiger partial charge in [0.25, 0.3) is 0 Å². The summed E-state index contributed by atoms with van der Waals surface area (Å²) in [6.07, 6.45) is -0.688. The fourth-order valence-corrected chi connectivity index (χ4v) is 3.41. The molecule has 2 fully saturated rings. The number of fused-ring (bicyclic) bond motifs is 2. The average Bonchev–Trinajstić information content (AvgIpc) is 2.67. The Balaban J connectivity index is 1.45. The summed E-state index contributed by atoms with van der Waals surface area (Å²) < 4.78 is 23.4. The molecule has 4 atom stereocenters. The maximum atomic E-state index is 11.8. The molecule has 2 heterocycles. The SMILES string of the molecule is O=C1C[C@H]2O[C@H](C[C@@H](OCc3ccccc3)[C@H]2OCc2ccccc2)O1. The Morgan fingerprint density at radius 2 is 1.50 bits per heavy atom. The van der Waals surface area contributed by atoms with E-state index in [-0.39, 0.29) is 30.7 Å². The van der Waals surface area contributed by atoms with E-state index in [1.165, 1.54) is 0 Å². The normalized spacial score (nSPS) is 27.8. The van der Waals surface area contributed by atoms with Crippen molar-refractivity contribution in [2.45, 2.75) is 50.7 Å². The van der Waals surface area contributed by atoms with E-state index in [0.29, 0.717) is 19.6 Å². The van der Waals surface area contributed by atoms with E-state index in [9.17, 15) is 4.79 Å². The summed E-state index contributed by atoms with van der Waals surface area (Å²) in [6, 6.07) is 20.0. The number of hydrogen-bond donors (Lipinski definition) is 0. The fourth-order valence-electron chi connectivity index (χ4n) is 3.41. The average molecular weight is 354 g/mol. The predicted octanol–water partition coefficient (Wildman–Crippen LogP) is 3.22. The second-order valence-electron chi connectivity index (χ2n) is 6.63. The molecule has 26 heavy (non-hydrogen) atoms. The smallest absolute Gasteiger partial charge is 0.310 e. The molecule has 5 nitrogen and oxygen atoms in total. The minimum Gasteiger partial charge on any atom is -0.436 e. The summed E-state index contributed by atoms with van der Waals surface area (Å²) in [5.41, 5.74) is 2.18. The lowest BCUT2D eigenvalue weighted by Crippen LogP contribution is -2.55. The number of benzene rings is 2. The first-order valence-corrected chi connectivity index (χ1v) is 8.94. The standard InChI is InChI=1S/C21H22O5/c22-19-11-18-21(24-14-16-9-5-2-6-10-16)17(12-20(25-18)26-19)23-13-15-7-3-1-4-8-15/h1-10,17-18,20-21H,11-14H2/t17-,18-,20+,21-/m1/s1. The van der Waals surface area contributed by atoms with Crippen LogP contribution in [-0.2, 0) is 37.0 Å². The highest BCUT2D eigenvalue weighted by atomic mass is 16.7. The summed E-state index contributed by atoms with van der Waals surface area (Å²) in [7, 11) is 0. The topological polar surface area (TPSA) is 54.0 Å². The molecule has 0 aliphatic carbocycles. The summed E-state index contributed by atoms with van der Waals surface area (Å²) >= 11 is 0. The van der Waals surface area contributed by atoms with Crippen LogP contribution < -0.4 is 0 Å². The number of ether oxygens (including phenoxy) is 4. The highest BCUT2D eigenvalue weighted by molar-refractivity contribution is 5.71. The first-order valence-electron chi connectivity index (χ1n) is 8.94. The van der Waals surface area contributed by atoms with Gasteiger partial charge in [0, 0.05) is 6.42 Å². The van der Waals surface area contributed by atoms with Crippen LogP contribution in [0, 0.1) is 0 Å². The Labute approximate surface area is 152 Å². The lowest BCUT2D eigenvalue weighted by atomic mass is 9.96. The zero-order valence-corrected chi connectivity index (χ0v) is 14.5. The number of hydrogen-bond acceptors (Lipinski definition) is 5. The summed E-state index contributed by atoms with van der Waals surface area (Å²) in [6.45, 7) is 0.945. The molecule has 2 aliphatic rings. The molecule has 0 N–H and O–H groups in total. The van der Waals surface area contributed by atoms with E-state index in [1.807, 2.05) is 60.7 Å². The third kappa shape index (κ3) is 4.12. The summed E-state index contributed by atoms with van der Waals surface area (Å²) in [4.78, 5) is 11.8. The van der Waals surface area contributed by atoms with Crippen molar-refractivity contribution < 1.29 is 23.7 Å². The van der Waals surface area contributed by atoms with Crippen LogP contribution in [0.25, 0.3) is 0 Å². The van der Waals surface area contributed by atoms with Gasteiger partial charge < -0.3 is 18.9 Å². The van der Waals surface area contributed by atoms with Crippen molar-refractivity contribution in [2.24, 2.45) is 0 Å². The van der Waals surface area contributed by atoms with Gasteiger partial charge in [0.15, 0.2) is 0 Å². The van der Waals surface area contributed by atoms with Crippen molar-refractivity contribution in [2.75, 3.05) is 0 Å². The van der Waals surface area contributed by atoms with Gasteiger partial charge in [0.1, 0.15) is 12.2 Å². The van der Waals surface area contributed by atoms with Gasteiger partial charge in [-0.3, -0.25) is 4.79 Å². The van der Waals surface area contributed by atoms with E-state index < -0.39 is 6.29 Å². The van der Waals surface area contributed by atoms with Crippen LogP contribution in [0.3, 0.4) is 0 Å². The highest BCUT2D eigenvalue weighted by Gasteiger charge is 2.46. The van der Waals surface area contributed by atoms with Crippen molar-refractivity contribution in [3.63, 3.8) is 0 Å². The van der Waals surface area contributed by atoms with Crippen LogP contribution in [0.2, 0.25) is 0 Å². The highest BCUT2D eigenvalue weighted by Crippen LogP contribution is 2.32. The van der Waals surface area contributed by atoms with E-state index >= 15 is 0 Å². The number of rotatable bonds is 6. The quantitative estimate of drug-likeness (QED) is 0.746. The van der Waals surface area contributed by atoms with Gasteiger partial charge in [-0.15, -0.1) is 0 Å². The lowest BCUT2D eigenvalue weighted by molar-refractivity contribution is -0.284. The van der Waals surface area contributed by atoms with Gasteiger partial charge in [0.2, 0.25) is 6.29 Å². The van der Waals surface area contributed by atoms with Gasteiger partial charge in [-0.25, -0.2) is 0 Å². The van der Waals surface area contributed by atoms with Crippen LogP contribution in [-0.4, -0.2) is 30.6 Å². The Morgan fingerprint density at radius 3 is 2.15 bits per heavy atom. The molecule has 2 aromatic rings. The van der Waals surface area contributed by atoms with Crippen LogP contribution in [0.1, 0.15) is 24.0 Å². The maximum Gasteiger partial charge on any atom is 0.310 e. The molecule has 5 heteroatoms. The van der Waals surface area contributed by atoms with Crippen molar-refractivity contribution >= 4 is 5.97 Å². The van der Waals surface area contributed by atoms with Crippen molar-refractivity contribution in [1.29, 1.82) is 0 Å². The zero-order chi connectivity index (χ0) is 17.8. The van der Waals surface area contributed by atoms with Gasteiger partial charge in [-0.05, 0) is 11.1 Å². The lowest BCUT2D eigenvalue weighted by Gasteiger charge is -2.43. The Morgan fingerprint density at radius 1 is 0.885 bits per heavy atom. The molecule has 2 aliphatic heterocycles. The summed E-state index contributed by atoms with van der Waals surface area (Å²) in [5.74, 6) is -0.235. The van der Waals surface area contributed by atoms with Crippen molar-refractivity contribution in [3.8, 4) is 0 Å². The van der Waals surface area contributed by atoms with Crippen molar-refractivity contribution in [1.82, 2.24) is 0 Å². The van der Waals surface area contributed by atoms with Crippen molar-refractivity contribution in [3.05, 3.63) is 71.8 Å². The molecule has 136 valence electrons. The van der Waals surface area contributed by atoms with Crippen LogP contribution in [0.4, 0.5) is 0 Å². The Bertz CT molecular complexity index is 718. The molecule has 0 unspecified atom stereocenters. The first kappa shape index (κ1) is 17.2. The molecule has 0 aromatic heterocycles. The summed E-state index contributed by atoms with van der Waals surface area (Å²) in [5, 5.41) is 0. The third-order valence-corrected chi connectivity index (χ3v) is 4.71. The molecule has 4 rings (SSSR count). The minimum absolute atomic E-state index is 0.184. The molecule has 0 amide bonds. The van der Waals surface area contributed by atoms with Crippen LogP contribution in [0.15, 0.2) is 60.7 Å². The molecule has 2 bridgehead atoms. The zero-order valence-electron chi connectivity index (χ0n) is 14.5. The molecular formula is C21H22O5. The molecule has 0 radical (unpaired) electrons. The molecule has 2 aromatic carbocycles. The third-order valence-electron chi connectivity index (χ3n) is 4.71. The number of esters is 1. The van der Waals surface area contributed by atoms with Gasteiger partial charge in [0.05, 0.1) is 25.7 Å². The van der Waals surface area contributed by atoms with Crippen LogP contribution in [0.5, 0.6) is 0 Å². The number of carbonyl (C=O) groups is 1. The van der Waals surface area contributed by atoms with E-state index in [0.717, 1.165) is 11.1 Å². The maximum absolute atomic E-state index is 11.8. The minimum atomic E-state index is -0.543. The molecule has 2 saturated heterocycles. The van der Waals surface area contributed by atoms with E-state index in [1.54, 1.807) is 0 Å². The Kier molecular flexibility index (Phi) is 5.29. The first-order chi connectivity index (χ1) is 12.8. The van der Waals surface area contributed by atoms with E-state index in [4.69, 9.17) is 18.9 Å². The largest absolute Gasteiger partial charge is 0.436 e. The Hall–Kier alpha value is -2.21. The monoisotopic (exact) mass is 354 g/mol.